The van der Waals surface area contributed by atoms with Crippen LogP contribution < -0.4 is 0 Å². The van der Waals surface area contributed by atoms with Gasteiger partial charge >= 0.3 is 0 Å². The Morgan fingerprint density at radius 1 is 1.17 bits per heavy atom. The second-order valence-electron chi connectivity index (χ2n) is 4.47. The van der Waals surface area contributed by atoms with Gasteiger partial charge in [0.05, 0.1) is 11.1 Å². The number of furan rings is 1. The van der Waals surface area contributed by atoms with E-state index < -0.39 is 0 Å². The van der Waals surface area contributed by atoms with Gasteiger partial charge in [0.1, 0.15) is 5.76 Å². The molecule has 96 valence electrons. The Kier molecular flexibility index (Phi) is 4.33. The third-order valence-corrected chi connectivity index (χ3v) is 5.04. The lowest BCUT2D eigenvalue weighted by molar-refractivity contribution is 0.512. The summed E-state index contributed by atoms with van der Waals surface area (Å²) >= 11 is 7.37. The smallest absolute Gasteiger partial charge is 0.108 e. The Balaban J connectivity index is 2.46. The molecule has 3 heteroatoms. The molecule has 0 saturated carbocycles. The molecule has 0 aliphatic rings. The first-order valence-corrected chi connectivity index (χ1v) is 7.72. The fraction of sp³-hybridized carbons (Fsp3) is 0.333. The summed E-state index contributed by atoms with van der Waals surface area (Å²) in [5.74, 6) is 1.05. The summed E-state index contributed by atoms with van der Waals surface area (Å²) in [6.07, 6.45) is 2.68. The average molecular weight is 372 g/mol. The van der Waals surface area contributed by atoms with Crippen LogP contribution in [0, 0.1) is 13.8 Å². The maximum absolute atomic E-state index is 5.51. The fourth-order valence-corrected chi connectivity index (χ4v) is 3.47. The van der Waals surface area contributed by atoms with Crippen molar-refractivity contribution in [3.63, 3.8) is 0 Å². The van der Waals surface area contributed by atoms with Crippen molar-refractivity contribution in [2.45, 2.75) is 32.0 Å². The molecular formula is C15H16Br2O. The molecule has 1 nitrogen and oxygen atoms in total. The Labute approximate surface area is 125 Å². The fourth-order valence-electron chi connectivity index (χ4n) is 2.11. The first-order chi connectivity index (χ1) is 8.54. The van der Waals surface area contributed by atoms with Crippen LogP contribution >= 0.6 is 31.9 Å². The third kappa shape index (κ3) is 2.57. The number of hydrogen-bond donors (Lipinski definition) is 0. The van der Waals surface area contributed by atoms with E-state index in [-0.39, 0.29) is 4.83 Å². The highest BCUT2D eigenvalue weighted by atomic mass is 79.9. The summed E-state index contributed by atoms with van der Waals surface area (Å²) in [6, 6.07) is 6.45. The standard InChI is InChI=1S/C15H16Br2O/c1-4-14-11(5-6-18-14)15(17)12-7-10(3)13(16)8-9(12)2/h5-8,15H,4H2,1-3H3. The maximum Gasteiger partial charge on any atom is 0.108 e. The quantitative estimate of drug-likeness (QED) is 0.630. The zero-order valence-corrected chi connectivity index (χ0v) is 13.9. The third-order valence-electron chi connectivity index (χ3n) is 3.19. The highest BCUT2D eigenvalue weighted by Crippen LogP contribution is 2.37. The van der Waals surface area contributed by atoms with Crippen LogP contribution in [-0.4, -0.2) is 0 Å². The largest absolute Gasteiger partial charge is 0.469 e. The monoisotopic (exact) mass is 370 g/mol. The number of aryl methyl sites for hydroxylation is 3. The van der Waals surface area contributed by atoms with Crippen LogP contribution in [0.4, 0.5) is 0 Å². The van der Waals surface area contributed by atoms with E-state index in [1.54, 1.807) is 6.26 Å². The summed E-state index contributed by atoms with van der Waals surface area (Å²) in [7, 11) is 0. The van der Waals surface area contributed by atoms with E-state index in [4.69, 9.17) is 4.42 Å². The predicted octanol–water partition coefficient (Wildman–Crippen LogP) is 5.71. The van der Waals surface area contributed by atoms with Crippen LogP contribution in [-0.2, 0) is 6.42 Å². The Morgan fingerprint density at radius 2 is 1.89 bits per heavy atom. The van der Waals surface area contributed by atoms with Crippen molar-refractivity contribution in [1.29, 1.82) is 0 Å². The molecule has 0 N–H and O–H groups in total. The zero-order chi connectivity index (χ0) is 13.3. The highest BCUT2D eigenvalue weighted by Gasteiger charge is 2.18. The number of benzene rings is 1. The van der Waals surface area contributed by atoms with Crippen molar-refractivity contribution in [3.8, 4) is 0 Å². The molecule has 1 aromatic carbocycles. The van der Waals surface area contributed by atoms with Crippen LogP contribution in [0.3, 0.4) is 0 Å². The van der Waals surface area contributed by atoms with Crippen LogP contribution in [0.5, 0.6) is 0 Å². The van der Waals surface area contributed by atoms with E-state index >= 15 is 0 Å². The van der Waals surface area contributed by atoms with E-state index in [9.17, 15) is 0 Å². The molecule has 0 amide bonds. The van der Waals surface area contributed by atoms with Gasteiger partial charge in [-0.1, -0.05) is 44.8 Å². The van der Waals surface area contributed by atoms with Crippen LogP contribution in [0.25, 0.3) is 0 Å². The topological polar surface area (TPSA) is 13.1 Å². The van der Waals surface area contributed by atoms with Gasteiger partial charge in [-0.3, -0.25) is 0 Å². The van der Waals surface area contributed by atoms with Gasteiger partial charge in [0.2, 0.25) is 0 Å². The zero-order valence-electron chi connectivity index (χ0n) is 10.8. The number of hydrogen-bond acceptors (Lipinski definition) is 1. The molecule has 1 aromatic heterocycles. The lowest BCUT2D eigenvalue weighted by Gasteiger charge is -2.15. The second kappa shape index (κ2) is 5.62. The van der Waals surface area contributed by atoms with Gasteiger partial charge in [0.15, 0.2) is 0 Å². The lowest BCUT2D eigenvalue weighted by Crippen LogP contribution is -1.98. The molecule has 1 unspecified atom stereocenters. The second-order valence-corrected chi connectivity index (χ2v) is 6.24. The molecule has 18 heavy (non-hydrogen) atoms. The molecule has 1 atom stereocenters. The van der Waals surface area contributed by atoms with Gasteiger partial charge in [-0.05, 0) is 42.7 Å². The molecular weight excluding hydrogens is 356 g/mol. The molecule has 0 fully saturated rings. The maximum atomic E-state index is 5.51. The molecule has 1 heterocycles. The number of rotatable bonds is 3. The van der Waals surface area contributed by atoms with Gasteiger partial charge in [-0.25, -0.2) is 0 Å². The first kappa shape index (κ1) is 13.9. The molecule has 0 aliphatic heterocycles. The van der Waals surface area contributed by atoms with E-state index in [1.165, 1.54) is 22.3 Å². The summed E-state index contributed by atoms with van der Waals surface area (Å²) < 4.78 is 6.67. The normalized spacial score (nSPS) is 12.7. The van der Waals surface area contributed by atoms with Crippen LogP contribution in [0.2, 0.25) is 0 Å². The number of halogens is 2. The van der Waals surface area contributed by atoms with Crippen LogP contribution in [0.15, 0.2) is 33.4 Å². The van der Waals surface area contributed by atoms with E-state index in [0.717, 1.165) is 16.7 Å². The van der Waals surface area contributed by atoms with Gasteiger partial charge < -0.3 is 4.42 Å². The van der Waals surface area contributed by atoms with Gasteiger partial charge in [0, 0.05) is 16.5 Å². The molecule has 0 saturated heterocycles. The van der Waals surface area contributed by atoms with E-state index in [0.29, 0.717) is 0 Å². The highest BCUT2D eigenvalue weighted by molar-refractivity contribution is 9.10. The lowest BCUT2D eigenvalue weighted by atomic mass is 9.98. The van der Waals surface area contributed by atoms with Crippen molar-refractivity contribution in [2.24, 2.45) is 0 Å². The molecule has 0 bridgehead atoms. The molecule has 0 spiro atoms. The van der Waals surface area contributed by atoms with E-state index in [1.807, 2.05) is 0 Å². The minimum Gasteiger partial charge on any atom is -0.469 e. The summed E-state index contributed by atoms with van der Waals surface area (Å²) in [4.78, 5) is 0.193. The average Bonchev–Trinajstić information content (AvgIpc) is 2.81. The SMILES string of the molecule is CCc1occc1C(Br)c1cc(C)c(Br)cc1C. The Hall–Kier alpha value is -0.540. The van der Waals surface area contributed by atoms with Gasteiger partial charge in [-0.15, -0.1) is 0 Å². The van der Waals surface area contributed by atoms with Gasteiger partial charge in [0.25, 0.3) is 0 Å². The summed E-state index contributed by atoms with van der Waals surface area (Å²) in [6.45, 7) is 6.37. The molecule has 2 rings (SSSR count). The first-order valence-electron chi connectivity index (χ1n) is 6.01. The Bertz CT molecular complexity index is 558. The molecule has 0 aliphatic carbocycles. The summed E-state index contributed by atoms with van der Waals surface area (Å²) in [5.41, 5.74) is 5.05. The predicted molar refractivity (Wildman–Crippen MR) is 82.5 cm³/mol. The minimum absolute atomic E-state index is 0.193. The molecule has 0 radical (unpaired) electrons. The molecule has 2 aromatic rings. The van der Waals surface area contributed by atoms with Crippen LogP contribution in [0.1, 0.15) is 39.8 Å². The van der Waals surface area contributed by atoms with Crippen molar-refractivity contribution >= 4 is 31.9 Å². The summed E-state index contributed by atoms with van der Waals surface area (Å²) in [5, 5.41) is 0. The minimum atomic E-state index is 0.193. The van der Waals surface area contributed by atoms with Crippen molar-refractivity contribution < 1.29 is 4.42 Å². The van der Waals surface area contributed by atoms with Crippen molar-refractivity contribution in [3.05, 3.63) is 56.9 Å². The van der Waals surface area contributed by atoms with Crippen molar-refractivity contribution in [1.82, 2.24) is 0 Å². The van der Waals surface area contributed by atoms with Gasteiger partial charge in [-0.2, -0.15) is 0 Å². The Morgan fingerprint density at radius 3 is 2.56 bits per heavy atom. The van der Waals surface area contributed by atoms with E-state index in [2.05, 4.69) is 70.8 Å². The number of alkyl halides is 1. The van der Waals surface area contributed by atoms with Crippen molar-refractivity contribution in [2.75, 3.05) is 0 Å².